The monoisotopic (exact) mass is 494 g/mol. The van der Waals surface area contributed by atoms with Gasteiger partial charge in [-0.2, -0.15) is 0 Å². The van der Waals surface area contributed by atoms with E-state index < -0.39 is 10.0 Å². The molecule has 0 aliphatic heterocycles. The second-order valence-electron chi connectivity index (χ2n) is 7.36. The first-order valence-corrected chi connectivity index (χ1v) is 12.1. The summed E-state index contributed by atoms with van der Waals surface area (Å²) in [5, 5.41) is 5.29. The maximum atomic E-state index is 11.7. The standard InChI is InChI=1S/C21H27BrN4O3S/c1-4-5-10-26-19-8-7-17(30(23,27)28)12-18(19)24-21(26)14-25(2)13-15-11-16(22)6-9-20(15)29-3/h6-9,11-12H,4-5,10,13-14H2,1-3H3,(H2,23,27,28). The number of aromatic nitrogens is 2. The number of primary sulfonamides is 1. The average molecular weight is 495 g/mol. The van der Waals surface area contributed by atoms with E-state index in [9.17, 15) is 8.42 Å². The summed E-state index contributed by atoms with van der Waals surface area (Å²) in [6, 6.07) is 10.8. The highest BCUT2D eigenvalue weighted by atomic mass is 79.9. The van der Waals surface area contributed by atoms with Gasteiger partial charge < -0.3 is 9.30 Å². The third-order valence-corrected chi connectivity index (χ3v) is 6.36. The molecule has 1 heterocycles. The lowest BCUT2D eigenvalue weighted by atomic mass is 10.2. The van der Waals surface area contributed by atoms with Crippen molar-refractivity contribution in [3.05, 3.63) is 52.3 Å². The van der Waals surface area contributed by atoms with Gasteiger partial charge in [0.1, 0.15) is 11.6 Å². The van der Waals surface area contributed by atoms with E-state index >= 15 is 0 Å². The van der Waals surface area contributed by atoms with Crippen molar-refractivity contribution in [2.75, 3.05) is 14.2 Å². The summed E-state index contributed by atoms with van der Waals surface area (Å²) in [7, 11) is -0.0743. The smallest absolute Gasteiger partial charge is 0.238 e. The first-order valence-electron chi connectivity index (χ1n) is 9.76. The molecule has 3 rings (SSSR count). The van der Waals surface area contributed by atoms with Gasteiger partial charge in [0.2, 0.25) is 10.0 Å². The highest BCUT2D eigenvalue weighted by molar-refractivity contribution is 9.10. The zero-order valence-electron chi connectivity index (χ0n) is 17.4. The highest BCUT2D eigenvalue weighted by Gasteiger charge is 2.16. The molecule has 0 atom stereocenters. The van der Waals surface area contributed by atoms with Crippen LogP contribution in [0.15, 0.2) is 45.8 Å². The quantitative estimate of drug-likeness (QED) is 0.487. The molecule has 9 heteroatoms. The van der Waals surface area contributed by atoms with Crippen LogP contribution in [-0.4, -0.2) is 37.0 Å². The first-order chi connectivity index (χ1) is 14.2. The van der Waals surface area contributed by atoms with Gasteiger partial charge in [-0.05, 0) is 49.9 Å². The van der Waals surface area contributed by atoms with Crippen molar-refractivity contribution < 1.29 is 13.2 Å². The first kappa shape index (κ1) is 22.7. The molecule has 2 N–H and O–H groups in total. The van der Waals surface area contributed by atoms with Crippen LogP contribution in [0.3, 0.4) is 0 Å². The number of ether oxygens (including phenoxy) is 1. The van der Waals surface area contributed by atoms with Gasteiger partial charge in [0.25, 0.3) is 0 Å². The molecule has 162 valence electrons. The zero-order chi connectivity index (χ0) is 21.9. The summed E-state index contributed by atoms with van der Waals surface area (Å²) in [6.07, 6.45) is 2.07. The summed E-state index contributed by atoms with van der Waals surface area (Å²) in [4.78, 5) is 6.98. The van der Waals surface area contributed by atoms with Crippen LogP contribution in [0, 0.1) is 0 Å². The van der Waals surface area contributed by atoms with Crippen LogP contribution >= 0.6 is 15.9 Å². The van der Waals surface area contributed by atoms with Crippen molar-refractivity contribution in [1.29, 1.82) is 0 Å². The zero-order valence-corrected chi connectivity index (χ0v) is 19.8. The molecule has 0 bridgehead atoms. The van der Waals surface area contributed by atoms with Crippen LogP contribution in [0.1, 0.15) is 31.2 Å². The fraction of sp³-hybridized carbons (Fsp3) is 0.381. The second kappa shape index (κ2) is 9.47. The summed E-state index contributed by atoms with van der Waals surface area (Å²) in [6.45, 7) is 4.26. The number of fused-ring (bicyclic) bond motifs is 1. The number of sulfonamides is 1. The van der Waals surface area contributed by atoms with Crippen molar-refractivity contribution in [1.82, 2.24) is 14.5 Å². The molecule has 7 nitrogen and oxygen atoms in total. The van der Waals surface area contributed by atoms with E-state index in [0.717, 1.165) is 46.5 Å². The molecule has 0 radical (unpaired) electrons. The van der Waals surface area contributed by atoms with Crippen molar-refractivity contribution in [3.8, 4) is 5.75 Å². The number of methoxy groups -OCH3 is 1. The lowest BCUT2D eigenvalue weighted by Crippen LogP contribution is -2.20. The minimum atomic E-state index is -3.77. The summed E-state index contributed by atoms with van der Waals surface area (Å²) >= 11 is 3.52. The van der Waals surface area contributed by atoms with Crippen LogP contribution < -0.4 is 9.88 Å². The Morgan fingerprint density at radius 1 is 1.20 bits per heavy atom. The fourth-order valence-corrected chi connectivity index (χ4v) is 4.42. The Bertz CT molecular complexity index is 1140. The van der Waals surface area contributed by atoms with Gasteiger partial charge in [-0.3, -0.25) is 4.90 Å². The molecule has 0 aliphatic rings. The minimum Gasteiger partial charge on any atom is -0.496 e. The van der Waals surface area contributed by atoms with Crippen molar-refractivity contribution >= 4 is 37.0 Å². The number of aryl methyl sites for hydroxylation is 1. The van der Waals surface area contributed by atoms with E-state index in [1.165, 1.54) is 0 Å². The maximum Gasteiger partial charge on any atom is 0.238 e. The van der Waals surface area contributed by atoms with Crippen molar-refractivity contribution in [3.63, 3.8) is 0 Å². The number of nitrogens with zero attached hydrogens (tertiary/aromatic N) is 3. The average Bonchev–Trinajstić information content (AvgIpc) is 3.01. The Morgan fingerprint density at radius 3 is 2.63 bits per heavy atom. The number of hydrogen-bond donors (Lipinski definition) is 1. The molecule has 2 aromatic carbocycles. The van der Waals surface area contributed by atoms with Gasteiger partial charge >= 0.3 is 0 Å². The number of nitrogens with two attached hydrogens (primary N) is 1. The van der Waals surface area contributed by atoms with Crippen LogP contribution in [0.5, 0.6) is 5.75 Å². The Hall–Kier alpha value is -1.94. The topological polar surface area (TPSA) is 90.4 Å². The Kier molecular flexibility index (Phi) is 7.18. The number of hydrogen-bond acceptors (Lipinski definition) is 5. The van der Waals surface area contributed by atoms with Gasteiger partial charge in [-0.25, -0.2) is 18.5 Å². The minimum absolute atomic E-state index is 0.0777. The molecule has 0 aliphatic carbocycles. The third kappa shape index (κ3) is 5.21. The molecular weight excluding hydrogens is 468 g/mol. The molecule has 30 heavy (non-hydrogen) atoms. The van der Waals surface area contributed by atoms with Crippen LogP contribution in [0.4, 0.5) is 0 Å². The van der Waals surface area contributed by atoms with Gasteiger partial charge in [0.15, 0.2) is 0 Å². The highest BCUT2D eigenvalue weighted by Crippen LogP contribution is 2.26. The van der Waals surface area contributed by atoms with E-state index in [1.54, 1.807) is 25.3 Å². The largest absolute Gasteiger partial charge is 0.496 e. The lowest BCUT2D eigenvalue weighted by molar-refractivity contribution is 0.298. The molecular formula is C21H27BrN4O3S. The summed E-state index contributed by atoms with van der Waals surface area (Å²) in [5.41, 5.74) is 2.63. The van der Waals surface area contributed by atoms with Crippen LogP contribution in [-0.2, 0) is 29.7 Å². The van der Waals surface area contributed by atoms with E-state index in [0.29, 0.717) is 18.6 Å². The molecule has 0 saturated carbocycles. The van der Waals surface area contributed by atoms with Crippen LogP contribution in [0.25, 0.3) is 11.0 Å². The molecule has 0 unspecified atom stereocenters. The molecule has 0 spiro atoms. The number of rotatable bonds is 9. The van der Waals surface area contributed by atoms with E-state index in [2.05, 4.69) is 32.3 Å². The summed E-state index contributed by atoms with van der Waals surface area (Å²) in [5.74, 6) is 1.73. The van der Waals surface area contributed by atoms with Crippen LogP contribution in [0.2, 0.25) is 0 Å². The molecule has 1 aromatic heterocycles. The fourth-order valence-electron chi connectivity index (χ4n) is 3.48. The normalized spacial score (nSPS) is 12.1. The number of unbranched alkanes of at least 4 members (excludes halogenated alkanes) is 1. The second-order valence-corrected chi connectivity index (χ2v) is 9.83. The molecule has 0 saturated heterocycles. The van der Waals surface area contributed by atoms with Gasteiger partial charge in [-0.1, -0.05) is 29.3 Å². The predicted octanol–water partition coefficient (Wildman–Crippen LogP) is 3.89. The Morgan fingerprint density at radius 2 is 1.97 bits per heavy atom. The number of benzene rings is 2. The van der Waals surface area contributed by atoms with E-state index in [1.807, 2.05) is 25.2 Å². The lowest BCUT2D eigenvalue weighted by Gasteiger charge is -2.19. The maximum absolute atomic E-state index is 11.7. The molecule has 3 aromatic rings. The third-order valence-electron chi connectivity index (χ3n) is 4.96. The van der Waals surface area contributed by atoms with Crippen molar-refractivity contribution in [2.45, 2.75) is 44.3 Å². The predicted molar refractivity (Wildman–Crippen MR) is 122 cm³/mol. The number of imidazole rings is 1. The van der Waals surface area contributed by atoms with E-state index in [4.69, 9.17) is 14.9 Å². The number of halogens is 1. The van der Waals surface area contributed by atoms with Crippen molar-refractivity contribution in [2.24, 2.45) is 5.14 Å². The van der Waals surface area contributed by atoms with Gasteiger partial charge in [0, 0.05) is 23.1 Å². The van der Waals surface area contributed by atoms with Gasteiger partial charge in [-0.15, -0.1) is 0 Å². The molecule has 0 fully saturated rings. The SMILES string of the molecule is CCCCn1c(CN(C)Cc2cc(Br)ccc2OC)nc2cc(S(N)(=O)=O)ccc21. The molecule has 0 amide bonds. The van der Waals surface area contributed by atoms with Gasteiger partial charge in [0.05, 0.1) is 29.6 Å². The Labute approximate surface area is 186 Å². The summed E-state index contributed by atoms with van der Waals surface area (Å²) < 4.78 is 32.1. The Balaban J connectivity index is 1.92. The van der Waals surface area contributed by atoms with E-state index in [-0.39, 0.29) is 4.90 Å².